The van der Waals surface area contributed by atoms with E-state index in [9.17, 15) is 28.1 Å². The number of sulfonamides is 1. The standard InChI is InChI=1S/C22H18ClN3O6S/c23-16-10-8-15(9-11-16)21(27)19-6-1-2-7-20(19)22(28)24-12-13-25-33(31,32)18-5-3-4-17(14-18)26(29)30/h1-11,14,25H,12-13H2,(H,24,28). The molecular weight excluding hydrogens is 470 g/mol. The van der Waals surface area contributed by atoms with E-state index in [1.54, 1.807) is 36.4 Å². The molecule has 1 amide bonds. The van der Waals surface area contributed by atoms with Crippen LogP contribution < -0.4 is 10.0 Å². The van der Waals surface area contributed by atoms with Crippen molar-refractivity contribution in [3.63, 3.8) is 0 Å². The molecule has 0 aromatic heterocycles. The molecule has 170 valence electrons. The second-order valence-corrected chi connectivity index (χ2v) is 8.99. The quantitative estimate of drug-likeness (QED) is 0.206. The van der Waals surface area contributed by atoms with E-state index in [4.69, 9.17) is 11.6 Å². The zero-order valence-electron chi connectivity index (χ0n) is 17.0. The van der Waals surface area contributed by atoms with Crippen molar-refractivity contribution >= 4 is 39.0 Å². The summed E-state index contributed by atoms with van der Waals surface area (Å²) in [6, 6.07) is 17.1. The highest BCUT2D eigenvalue weighted by Crippen LogP contribution is 2.18. The normalized spacial score (nSPS) is 11.1. The van der Waals surface area contributed by atoms with Gasteiger partial charge in [0.25, 0.3) is 11.6 Å². The highest BCUT2D eigenvalue weighted by Gasteiger charge is 2.19. The van der Waals surface area contributed by atoms with Crippen LogP contribution in [0, 0.1) is 10.1 Å². The van der Waals surface area contributed by atoms with Crippen molar-refractivity contribution in [3.05, 3.63) is 105 Å². The number of carbonyl (C=O) groups excluding carboxylic acids is 2. The van der Waals surface area contributed by atoms with E-state index in [2.05, 4.69) is 10.0 Å². The molecule has 0 radical (unpaired) electrons. The molecule has 0 fully saturated rings. The minimum absolute atomic E-state index is 0.0730. The van der Waals surface area contributed by atoms with Crippen LogP contribution in [0.5, 0.6) is 0 Å². The second kappa shape index (κ2) is 10.3. The fraction of sp³-hybridized carbons (Fsp3) is 0.0909. The molecule has 0 saturated heterocycles. The lowest BCUT2D eigenvalue weighted by molar-refractivity contribution is -0.385. The molecular formula is C22H18ClN3O6S. The van der Waals surface area contributed by atoms with E-state index < -0.39 is 20.9 Å². The summed E-state index contributed by atoms with van der Waals surface area (Å²) in [4.78, 5) is 35.3. The van der Waals surface area contributed by atoms with E-state index >= 15 is 0 Å². The second-order valence-electron chi connectivity index (χ2n) is 6.79. The molecule has 0 spiro atoms. The number of nitro groups is 1. The first-order valence-electron chi connectivity index (χ1n) is 9.60. The van der Waals surface area contributed by atoms with Gasteiger partial charge in [-0.05, 0) is 36.4 Å². The molecule has 0 atom stereocenters. The Balaban J connectivity index is 1.64. The van der Waals surface area contributed by atoms with Crippen molar-refractivity contribution in [3.8, 4) is 0 Å². The van der Waals surface area contributed by atoms with Crippen LogP contribution in [-0.4, -0.2) is 38.1 Å². The van der Waals surface area contributed by atoms with Crippen molar-refractivity contribution in [1.82, 2.24) is 10.0 Å². The number of halogens is 1. The maximum absolute atomic E-state index is 12.8. The number of hydrogen-bond acceptors (Lipinski definition) is 6. The van der Waals surface area contributed by atoms with Gasteiger partial charge in [-0.25, -0.2) is 13.1 Å². The largest absolute Gasteiger partial charge is 0.351 e. The zero-order valence-corrected chi connectivity index (χ0v) is 18.6. The number of nitrogens with one attached hydrogen (secondary N) is 2. The molecule has 0 bridgehead atoms. The van der Waals surface area contributed by atoms with Crippen LogP contribution >= 0.6 is 11.6 Å². The van der Waals surface area contributed by atoms with Gasteiger partial charge in [-0.2, -0.15) is 0 Å². The monoisotopic (exact) mass is 487 g/mol. The van der Waals surface area contributed by atoms with Gasteiger partial charge in [0.05, 0.1) is 15.4 Å². The summed E-state index contributed by atoms with van der Waals surface area (Å²) < 4.78 is 27.0. The highest BCUT2D eigenvalue weighted by molar-refractivity contribution is 7.89. The molecule has 3 rings (SSSR count). The molecule has 0 aliphatic heterocycles. The molecule has 0 unspecified atom stereocenters. The van der Waals surface area contributed by atoms with E-state index in [1.165, 1.54) is 30.3 Å². The lowest BCUT2D eigenvalue weighted by Crippen LogP contribution is -2.35. The summed E-state index contributed by atoms with van der Waals surface area (Å²) in [5, 5.41) is 13.9. The van der Waals surface area contributed by atoms with Gasteiger partial charge in [0.15, 0.2) is 5.78 Å². The first-order chi connectivity index (χ1) is 15.7. The average Bonchev–Trinajstić information content (AvgIpc) is 2.82. The number of amides is 1. The number of nitrogens with zero attached hydrogens (tertiary/aromatic N) is 1. The van der Waals surface area contributed by atoms with Crippen molar-refractivity contribution < 1.29 is 22.9 Å². The molecule has 3 aromatic carbocycles. The number of non-ortho nitro benzene ring substituents is 1. The van der Waals surface area contributed by atoms with Crippen molar-refractivity contribution in [2.24, 2.45) is 0 Å². The molecule has 3 aromatic rings. The van der Waals surface area contributed by atoms with Crippen LogP contribution in [0.3, 0.4) is 0 Å². The summed E-state index contributed by atoms with van der Waals surface area (Å²) in [6.45, 7) is -0.236. The first-order valence-corrected chi connectivity index (χ1v) is 11.5. The van der Waals surface area contributed by atoms with Crippen molar-refractivity contribution in [2.45, 2.75) is 4.90 Å². The Hall–Kier alpha value is -3.60. The Morgan fingerprint density at radius 2 is 1.58 bits per heavy atom. The third-order valence-electron chi connectivity index (χ3n) is 4.56. The van der Waals surface area contributed by atoms with Crippen LogP contribution in [0.4, 0.5) is 5.69 Å². The molecule has 9 nitrogen and oxygen atoms in total. The Morgan fingerprint density at radius 3 is 2.24 bits per heavy atom. The highest BCUT2D eigenvalue weighted by atomic mass is 35.5. The molecule has 33 heavy (non-hydrogen) atoms. The van der Waals surface area contributed by atoms with Crippen LogP contribution in [0.1, 0.15) is 26.3 Å². The lowest BCUT2D eigenvalue weighted by Gasteiger charge is -2.11. The van der Waals surface area contributed by atoms with Crippen LogP contribution in [-0.2, 0) is 10.0 Å². The number of ketones is 1. The van der Waals surface area contributed by atoms with E-state index in [1.807, 2.05) is 0 Å². The van der Waals surface area contributed by atoms with Gasteiger partial charge in [-0.15, -0.1) is 0 Å². The summed E-state index contributed by atoms with van der Waals surface area (Å²) in [5.41, 5.74) is 0.339. The molecule has 0 heterocycles. The number of carbonyl (C=O) groups is 2. The summed E-state index contributed by atoms with van der Waals surface area (Å²) in [6.07, 6.45) is 0. The fourth-order valence-corrected chi connectivity index (χ4v) is 4.14. The first kappa shape index (κ1) is 24.1. The Kier molecular flexibility index (Phi) is 7.54. The third-order valence-corrected chi connectivity index (χ3v) is 6.27. The van der Waals surface area contributed by atoms with Gasteiger partial charge in [-0.1, -0.05) is 35.9 Å². The Bertz CT molecular complexity index is 1310. The molecule has 0 aliphatic carbocycles. The topological polar surface area (TPSA) is 135 Å². The number of nitro benzene ring substituents is 1. The molecule has 2 N–H and O–H groups in total. The molecule has 11 heteroatoms. The smallest absolute Gasteiger partial charge is 0.270 e. The van der Waals surface area contributed by atoms with Crippen LogP contribution in [0.2, 0.25) is 5.02 Å². The summed E-state index contributed by atoms with van der Waals surface area (Å²) in [5.74, 6) is -0.911. The molecule has 0 aliphatic rings. The van der Waals surface area contributed by atoms with Crippen molar-refractivity contribution in [2.75, 3.05) is 13.1 Å². The van der Waals surface area contributed by atoms with E-state index in [0.717, 1.165) is 6.07 Å². The maximum Gasteiger partial charge on any atom is 0.270 e. The van der Waals surface area contributed by atoms with Gasteiger partial charge in [0.2, 0.25) is 10.0 Å². The zero-order chi connectivity index (χ0) is 24.0. The molecule has 0 saturated carbocycles. The van der Waals surface area contributed by atoms with Gasteiger partial charge in [-0.3, -0.25) is 19.7 Å². The lowest BCUT2D eigenvalue weighted by atomic mass is 9.98. The van der Waals surface area contributed by atoms with Gasteiger partial charge in [0, 0.05) is 41.4 Å². The number of hydrogen-bond donors (Lipinski definition) is 2. The fourth-order valence-electron chi connectivity index (χ4n) is 2.94. The predicted molar refractivity (Wildman–Crippen MR) is 122 cm³/mol. The van der Waals surface area contributed by atoms with Crippen LogP contribution in [0.15, 0.2) is 77.7 Å². The number of rotatable bonds is 9. The Labute approximate surface area is 194 Å². The number of benzene rings is 3. The van der Waals surface area contributed by atoms with Crippen LogP contribution in [0.25, 0.3) is 0 Å². The summed E-state index contributed by atoms with van der Waals surface area (Å²) >= 11 is 5.85. The SMILES string of the molecule is O=C(NCCNS(=O)(=O)c1cccc([N+](=O)[O-])c1)c1ccccc1C(=O)c1ccc(Cl)cc1. The Morgan fingerprint density at radius 1 is 0.909 bits per heavy atom. The predicted octanol–water partition coefficient (Wildman–Crippen LogP) is 3.19. The van der Waals surface area contributed by atoms with Gasteiger partial charge < -0.3 is 5.32 Å². The summed E-state index contributed by atoms with van der Waals surface area (Å²) in [7, 11) is -4.01. The third kappa shape index (κ3) is 6.01. The minimum atomic E-state index is -4.01. The van der Waals surface area contributed by atoms with Gasteiger partial charge >= 0.3 is 0 Å². The van der Waals surface area contributed by atoms with Gasteiger partial charge in [0.1, 0.15) is 0 Å². The van der Waals surface area contributed by atoms with E-state index in [0.29, 0.717) is 10.6 Å². The minimum Gasteiger partial charge on any atom is -0.351 e. The average molecular weight is 488 g/mol. The van der Waals surface area contributed by atoms with Crippen molar-refractivity contribution in [1.29, 1.82) is 0 Å². The van der Waals surface area contributed by atoms with E-state index in [-0.39, 0.29) is 40.6 Å². The maximum atomic E-state index is 12.8.